The lowest BCUT2D eigenvalue weighted by Gasteiger charge is -2.22. The Hall–Kier alpha value is -2.82. The molecule has 1 unspecified atom stereocenters. The van der Waals surface area contributed by atoms with E-state index in [0.717, 1.165) is 17.8 Å². The first-order valence-electron chi connectivity index (χ1n) is 8.51. The van der Waals surface area contributed by atoms with Crippen LogP contribution in [0.4, 0.5) is 11.4 Å². The van der Waals surface area contributed by atoms with E-state index in [9.17, 15) is 9.59 Å². The molecule has 2 aliphatic heterocycles. The number of ether oxygens (including phenoxy) is 1. The number of benzene rings is 2. The van der Waals surface area contributed by atoms with E-state index >= 15 is 0 Å². The van der Waals surface area contributed by atoms with Crippen molar-refractivity contribution in [3.8, 4) is 5.75 Å². The maximum atomic E-state index is 13.0. The molecule has 0 N–H and O–H groups in total. The average molecular weight is 336 g/mol. The van der Waals surface area contributed by atoms with E-state index < -0.39 is 0 Å². The summed E-state index contributed by atoms with van der Waals surface area (Å²) in [5, 5.41) is 0. The molecule has 2 aromatic rings. The van der Waals surface area contributed by atoms with Crippen molar-refractivity contribution in [1.29, 1.82) is 0 Å². The van der Waals surface area contributed by atoms with Crippen LogP contribution in [0.15, 0.2) is 48.5 Å². The number of anilines is 2. The van der Waals surface area contributed by atoms with Crippen LogP contribution >= 0.6 is 0 Å². The summed E-state index contributed by atoms with van der Waals surface area (Å²) >= 11 is 0. The van der Waals surface area contributed by atoms with Crippen LogP contribution in [0.5, 0.6) is 5.75 Å². The quantitative estimate of drug-likeness (QED) is 0.866. The highest BCUT2D eigenvalue weighted by Gasteiger charge is 2.39. The van der Waals surface area contributed by atoms with Crippen molar-refractivity contribution in [2.45, 2.75) is 12.8 Å². The Labute approximate surface area is 146 Å². The second-order valence-corrected chi connectivity index (χ2v) is 6.45. The Kier molecular flexibility index (Phi) is 3.92. The summed E-state index contributed by atoms with van der Waals surface area (Å²) in [6.07, 6.45) is 1.12. The molecule has 128 valence electrons. The van der Waals surface area contributed by atoms with Gasteiger partial charge in [0.2, 0.25) is 11.8 Å². The van der Waals surface area contributed by atoms with Crippen LogP contribution in [0.2, 0.25) is 0 Å². The molecule has 1 fully saturated rings. The van der Waals surface area contributed by atoms with E-state index in [1.165, 1.54) is 5.56 Å². The lowest BCUT2D eigenvalue weighted by atomic mass is 10.1. The second-order valence-electron chi connectivity index (χ2n) is 6.45. The molecule has 2 aromatic carbocycles. The normalized spacial score (nSPS) is 19.2. The van der Waals surface area contributed by atoms with Gasteiger partial charge in [-0.3, -0.25) is 9.59 Å². The van der Waals surface area contributed by atoms with Gasteiger partial charge in [0.1, 0.15) is 5.75 Å². The van der Waals surface area contributed by atoms with Crippen LogP contribution in [0, 0.1) is 5.92 Å². The van der Waals surface area contributed by atoms with Crippen molar-refractivity contribution >= 4 is 23.2 Å². The van der Waals surface area contributed by atoms with Gasteiger partial charge in [0, 0.05) is 25.2 Å². The van der Waals surface area contributed by atoms with Crippen LogP contribution < -0.4 is 14.5 Å². The van der Waals surface area contributed by atoms with Gasteiger partial charge in [0.25, 0.3) is 0 Å². The molecule has 0 saturated carbocycles. The van der Waals surface area contributed by atoms with Crippen molar-refractivity contribution in [3.63, 3.8) is 0 Å². The fraction of sp³-hybridized carbons (Fsp3) is 0.300. The van der Waals surface area contributed by atoms with Gasteiger partial charge in [-0.1, -0.05) is 30.3 Å². The Morgan fingerprint density at radius 3 is 2.60 bits per heavy atom. The number of hydrogen-bond donors (Lipinski definition) is 0. The molecule has 0 aromatic heterocycles. The van der Waals surface area contributed by atoms with Gasteiger partial charge in [-0.25, -0.2) is 0 Å². The molecule has 1 atom stereocenters. The molecule has 0 aliphatic carbocycles. The summed E-state index contributed by atoms with van der Waals surface area (Å²) in [7, 11) is 1.59. The smallest absolute Gasteiger partial charge is 0.232 e. The number of rotatable bonds is 3. The lowest BCUT2D eigenvalue weighted by Crippen LogP contribution is -2.36. The molecule has 2 aliphatic rings. The second kappa shape index (κ2) is 6.24. The highest BCUT2D eigenvalue weighted by atomic mass is 16.5. The number of carbonyl (C=O) groups is 2. The molecule has 4 rings (SSSR count). The zero-order valence-corrected chi connectivity index (χ0v) is 14.1. The fourth-order valence-electron chi connectivity index (χ4n) is 3.75. The van der Waals surface area contributed by atoms with Gasteiger partial charge in [-0.05, 0) is 30.2 Å². The van der Waals surface area contributed by atoms with Crippen molar-refractivity contribution < 1.29 is 14.3 Å². The molecule has 0 spiro atoms. The van der Waals surface area contributed by atoms with E-state index in [1.54, 1.807) is 12.0 Å². The van der Waals surface area contributed by atoms with E-state index in [1.807, 2.05) is 47.4 Å². The minimum absolute atomic E-state index is 0.0321. The Balaban J connectivity index is 1.56. The summed E-state index contributed by atoms with van der Waals surface area (Å²) in [6.45, 7) is 1.09. The van der Waals surface area contributed by atoms with E-state index in [-0.39, 0.29) is 24.2 Å². The lowest BCUT2D eigenvalue weighted by molar-refractivity contribution is -0.124. The average Bonchev–Trinajstić information content (AvgIpc) is 3.25. The summed E-state index contributed by atoms with van der Waals surface area (Å²) in [4.78, 5) is 29.0. The zero-order chi connectivity index (χ0) is 17.4. The molecule has 2 heterocycles. The zero-order valence-electron chi connectivity index (χ0n) is 14.1. The van der Waals surface area contributed by atoms with E-state index in [2.05, 4.69) is 6.07 Å². The van der Waals surface area contributed by atoms with Crippen LogP contribution in [0.25, 0.3) is 0 Å². The minimum Gasteiger partial charge on any atom is -0.495 e. The van der Waals surface area contributed by atoms with Gasteiger partial charge >= 0.3 is 0 Å². The highest BCUT2D eigenvalue weighted by Crippen LogP contribution is 2.35. The standard InChI is InChI=1S/C20H20N2O3/c1-25-18-9-5-4-8-17(18)22-13-15(12-19(22)23)20(24)21-11-10-14-6-2-3-7-16(14)21/h2-9,15H,10-13H2,1H3. The van der Waals surface area contributed by atoms with Gasteiger partial charge in [-0.2, -0.15) is 0 Å². The fourth-order valence-corrected chi connectivity index (χ4v) is 3.75. The number of methoxy groups -OCH3 is 1. The van der Waals surface area contributed by atoms with Crippen molar-refractivity contribution in [2.24, 2.45) is 5.92 Å². The molecule has 1 saturated heterocycles. The first-order valence-corrected chi connectivity index (χ1v) is 8.51. The third-order valence-electron chi connectivity index (χ3n) is 5.00. The number of carbonyl (C=O) groups excluding carboxylic acids is 2. The minimum atomic E-state index is -0.316. The third-order valence-corrected chi connectivity index (χ3v) is 5.00. The maximum Gasteiger partial charge on any atom is 0.232 e. The largest absolute Gasteiger partial charge is 0.495 e. The van der Waals surface area contributed by atoms with E-state index in [4.69, 9.17) is 4.74 Å². The Morgan fingerprint density at radius 1 is 1.08 bits per heavy atom. The predicted molar refractivity (Wildman–Crippen MR) is 96.0 cm³/mol. The van der Waals surface area contributed by atoms with E-state index in [0.29, 0.717) is 18.8 Å². The van der Waals surface area contributed by atoms with Crippen molar-refractivity contribution in [3.05, 3.63) is 54.1 Å². The molecular weight excluding hydrogens is 316 g/mol. The maximum absolute atomic E-state index is 13.0. The predicted octanol–water partition coefficient (Wildman–Crippen LogP) is 2.64. The molecule has 2 amide bonds. The van der Waals surface area contributed by atoms with Gasteiger partial charge in [0.05, 0.1) is 18.7 Å². The SMILES string of the molecule is COc1ccccc1N1CC(C(=O)N2CCc3ccccc32)CC1=O. The topological polar surface area (TPSA) is 49.9 Å². The van der Waals surface area contributed by atoms with Crippen LogP contribution in [0.1, 0.15) is 12.0 Å². The Bertz CT molecular complexity index is 833. The van der Waals surface area contributed by atoms with Crippen LogP contribution in [-0.2, 0) is 16.0 Å². The molecule has 0 radical (unpaired) electrons. The van der Waals surface area contributed by atoms with Gasteiger partial charge in [0.15, 0.2) is 0 Å². The summed E-state index contributed by atoms with van der Waals surface area (Å²) in [6, 6.07) is 15.4. The monoisotopic (exact) mass is 336 g/mol. The summed E-state index contributed by atoms with van der Waals surface area (Å²) in [5.41, 5.74) is 2.91. The molecule has 5 heteroatoms. The number of para-hydroxylation sites is 3. The number of fused-ring (bicyclic) bond motifs is 1. The van der Waals surface area contributed by atoms with Crippen molar-refractivity contribution in [2.75, 3.05) is 30.0 Å². The molecule has 0 bridgehead atoms. The van der Waals surface area contributed by atoms with Crippen LogP contribution in [-0.4, -0.2) is 32.0 Å². The number of hydrogen-bond acceptors (Lipinski definition) is 3. The van der Waals surface area contributed by atoms with Crippen LogP contribution in [0.3, 0.4) is 0 Å². The molecule has 5 nitrogen and oxygen atoms in total. The summed E-state index contributed by atoms with van der Waals surface area (Å²) < 4.78 is 5.36. The number of nitrogens with zero attached hydrogens (tertiary/aromatic N) is 2. The summed E-state index contributed by atoms with van der Waals surface area (Å²) in [5.74, 6) is 0.338. The van der Waals surface area contributed by atoms with Gasteiger partial charge < -0.3 is 14.5 Å². The highest BCUT2D eigenvalue weighted by molar-refractivity contribution is 6.05. The third kappa shape index (κ3) is 2.65. The van der Waals surface area contributed by atoms with Crippen molar-refractivity contribution in [1.82, 2.24) is 0 Å². The Morgan fingerprint density at radius 2 is 1.80 bits per heavy atom. The number of amides is 2. The first kappa shape index (κ1) is 15.7. The first-order chi connectivity index (χ1) is 12.2. The molecule has 25 heavy (non-hydrogen) atoms. The van der Waals surface area contributed by atoms with Gasteiger partial charge in [-0.15, -0.1) is 0 Å². The molecular formula is C20H20N2O3.